The largest absolute Gasteiger partial charge is 0.493 e. The molecule has 142 valence electrons. The fraction of sp³-hybridized carbons (Fsp3) is 0.526. The van der Waals surface area contributed by atoms with E-state index in [9.17, 15) is 14.4 Å². The number of carbonyl (C=O) groups excluding carboxylic acids is 3. The van der Waals surface area contributed by atoms with Crippen LogP contribution < -0.4 is 15.2 Å². The average Bonchev–Trinajstić information content (AvgIpc) is 2.64. The van der Waals surface area contributed by atoms with Crippen LogP contribution in [0, 0.1) is 5.92 Å². The Morgan fingerprint density at radius 3 is 2.69 bits per heavy atom. The van der Waals surface area contributed by atoms with Gasteiger partial charge in [0.05, 0.1) is 7.11 Å². The van der Waals surface area contributed by atoms with Crippen LogP contribution in [0.4, 0.5) is 0 Å². The molecule has 0 saturated carbocycles. The van der Waals surface area contributed by atoms with Crippen LogP contribution in [0.2, 0.25) is 0 Å². The number of Topliss-reactive ketones (excluding diaryl/α,β-unsaturated/α-hetero) is 1. The molecule has 1 fully saturated rings. The number of nitrogens with zero attached hydrogens (tertiary/aromatic N) is 1. The van der Waals surface area contributed by atoms with Gasteiger partial charge in [-0.1, -0.05) is 0 Å². The summed E-state index contributed by atoms with van der Waals surface area (Å²) < 4.78 is 10.8. The van der Waals surface area contributed by atoms with Crippen molar-refractivity contribution in [3.8, 4) is 11.5 Å². The number of ketones is 1. The van der Waals surface area contributed by atoms with Crippen molar-refractivity contribution < 1.29 is 23.9 Å². The van der Waals surface area contributed by atoms with Crippen molar-refractivity contribution >= 4 is 17.6 Å². The van der Waals surface area contributed by atoms with E-state index in [1.807, 2.05) is 0 Å². The molecule has 1 heterocycles. The summed E-state index contributed by atoms with van der Waals surface area (Å²) in [7, 11) is 1.49. The zero-order chi connectivity index (χ0) is 19.1. The first kappa shape index (κ1) is 19.8. The lowest BCUT2D eigenvalue weighted by molar-refractivity contribution is -0.135. The Labute approximate surface area is 153 Å². The molecule has 0 radical (unpaired) electrons. The third kappa shape index (κ3) is 5.47. The summed E-state index contributed by atoms with van der Waals surface area (Å²) in [5.74, 6) is 0.659. The monoisotopic (exact) mass is 362 g/mol. The number of carbonyl (C=O) groups is 3. The minimum atomic E-state index is -0.308. The highest BCUT2D eigenvalue weighted by molar-refractivity contribution is 5.94. The van der Waals surface area contributed by atoms with Crippen LogP contribution in [0.25, 0.3) is 0 Å². The van der Waals surface area contributed by atoms with E-state index in [4.69, 9.17) is 15.2 Å². The van der Waals surface area contributed by atoms with Crippen LogP contribution in [0.5, 0.6) is 11.5 Å². The molecule has 1 saturated heterocycles. The third-order valence-corrected chi connectivity index (χ3v) is 4.59. The van der Waals surface area contributed by atoms with E-state index in [0.717, 1.165) is 12.8 Å². The Morgan fingerprint density at radius 1 is 1.27 bits per heavy atom. The maximum atomic E-state index is 12.4. The van der Waals surface area contributed by atoms with Gasteiger partial charge in [-0.15, -0.1) is 0 Å². The zero-order valence-corrected chi connectivity index (χ0v) is 15.3. The van der Waals surface area contributed by atoms with Gasteiger partial charge < -0.3 is 20.1 Å². The normalized spacial score (nSPS) is 16.8. The lowest BCUT2D eigenvalue weighted by Crippen LogP contribution is -2.42. The highest BCUT2D eigenvalue weighted by Gasteiger charge is 2.24. The first-order valence-electron chi connectivity index (χ1n) is 8.78. The predicted molar refractivity (Wildman–Crippen MR) is 96.2 cm³/mol. The molecule has 7 heteroatoms. The van der Waals surface area contributed by atoms with Crippen LogP contribution >= 0.6 is 0 Å². The van der Waals surface area contributed by atoms with Crippen molar-refractivity contribution in [1.82, 2.24) is 4.90 Å². The summed E-state index contributed by atoms with van der Waals surface area (Å²) in [4.78, 5) is 36.6. The van der Waals surface area contributed by atoms with Gasteiger partial charge >= 0.3 is 0 Å². The molecular formula is C19H26N2O5. The molecule has 2 N–H and O–H groups in total. The number of ether oxygens (including phenoxy) is 2. The van der Waals surface area contributed by atoms with Crippen molar-refractivity contribution in [3.63, 3.8) is 0 Å². The first-order valence-corrected chi connectivity index (χ1v) is 8.78. The zero-order valence-electron chi connectivity index (χ0n) is 15.3. The van der Waals surface area contributed by atoms with Crippen molar-refractivity contribution in [2.24, 2.45) is 11.7 Å². The molecule has 1 aromatic rings. The van der Waals surface area contributed by atoms with Gasteiger partial charge in [-0.2, -0.15) is 0 Å². The second-order valence-corrected chi connectivity index (χ2v) is 6.56. The Hall–Kier alpha value is -2.57. The summed E-state index contributed by atoms with van der Waals surface area (Å²) >= 11 is 0. The van der Waals surface area contributed by atoms with Crippen LogP contribution in [0.3, 0.4) is 0 Å². The number of primary amides is 1. The molecule has 1 aliphatic rings. The predicted octanol–water partition coefficient (Wildman–Crippen LogP) is 1.78. The molecule has 1 aliphatic heterocycles. The first-order chi connectivity index (χ1) is 12.4. The van der Waals surface area contributed by atoms with E-state index in [-0.39, 0.29) is 24.2 Å². The summed E-state index contributed by atoms with van der Waals surface area (Å²) in [6.45, 7) is 2.69. The Morgan fingerprint density at radius 2 is 2.04 bits per heavy atom. The number of likely N-dealkylation sites (tertiary alicyclic amines) is 1. The van der Waals surface area contributed by atoms with Crippen molar-refractivity contribution in [2.45, 2.75) is 32.6 Å². The highest BCUT2D eigenvalue weighted by atomic mass is 16.5. The fourth-order valence-corrected chi connectivity index (χ4v) is 3.11. The molecule has 2 rings (SSSR count). The van der Waals surface area contributed by atoms with Crippen molar-refractivity contribution in [2.75, 3.05) is 26.8 Å². The quantitative estimate of drug-likeness (QED) is 0.711. The summed E-state index contributed by atoms with van der Waals surface area (Å²) in [5, 5.41) is 0. The van der Waals surface area contributed by atoms with Crippen molar-refractivity contribution in [1.29, 1.82) is 0 Å². The van der Waals surface area contributed by atoms with Crippen molar-refractivity contribution in [3.05, 3.63) is 23.8 Å². The Balaban J connectivity index is 1.91. The lowest BCUT2D eigenvalue weighted by atomic mass is 9.93. The van der Waals surface area contributed by atoms with E-state index >= 15 is 0 Å². The molecule has 0 aromatic heterocycles. The fourth-order valence-electron chi connectivity index (χ4n) is 3.11. The average molecular weight is 362 g/mol. The topological polar surface area (TPSA) is 98.9 Å². The minimum absolute atomic E-state index is 0.0683. The maximum absolute atomic E-state index is 12.4. The van der Waals surface area contributed by atoms with E-state index in [2.05, 4.69) is 0 Å². The number of methoxy groups -OCH3 is 1. The molecular weight excluding hydrogens is 336 g/mol. The molecule has 0 aliphatic carbocycles. The third-order valence-electron chi connectivity index (χ3n) is 4.59. The van der Waals surface area contributed by atoms with E-state index in [1.165, 1.54) is 14.0 Å². The van der Waals surface area contributed by atoms with Gasteiger partial charge in [0.2, 0.25) is 5.91 Å². The number of rotatable bonds is 8. The summed E-state index contributed by atoms with van der Waals surface area (Å²) in [6.07, 6.45) is 2.97. The molecule has 1 atom stereocenters. The number of amides is 2. The van der Waals surface area contributed by atoms with Gasteiger partial charge in [0.1, 0.15) is 0 Å². The molecule has 1 unspecified atom stereocenters. The van der Waals surface area contributed by atoms with E-state index in [1.54, 1.807) is 23.1 Å². The number of hydrogen-bond donors (Lipinski definition) is 1. The second kappa shape index (κ2) is 9.22. The standard InChI is InChI=1S/C19H26N2O5/c1-13(22)15-6-7-16(17(10-15)25-2)26-12-19(24)21-9-3-4-14(11-21)5-8-18(20)23/h6-7,10,14H,3-5,8-9,11-12H2,1-2H3,(H2,20,23). The van der Waals surface area contributed by atoms with E-state index < -0.39 is 0 Å². The number of hydrogen-bond acceptors (Lipinski definition) is 5. The Kier molecular flexibility index (Phi) is 7.00. The van der Waals surface area contributed by atoms with Crippen LogP contribution in [-0.2, 0) is 9.59 Å². The maximum Gasteiger partial charge on any atom is 0.260 e. The van der Waals surface area contributed by atoms with Gasteiger partial charge in [-0.3, -0.25) is 14.4 Å². The SMILES string of the molecule is COc1cc(C(C)=O)ccc1OCC(=O)N1CCCC(CCC(N)=O)C1. The van der Waals surface area contributed by atoms with Gasteiger partial charge in [0.15, 0.2) is 23.9 Å². The molecule has 7 nitrogen and oxygen atoms in total. The lowest BCUT2D eigenvalue weighted by Gasteiger charge is -2.32. The Bertz CT molecular complexity index is 674. The second-order valence-electron chi connectivity index (χ2n) is 6.56. The molecule has 2 amide bonds. The van der Waals surface area contributed by atoms with E-state index in [0.29, 0.717) is 48.9 Å². The van der Waals surface area contributed by atoms with Crippen LogP contribution in [0.15, 0.2) is 18.2 Å². The van der Waals surface area contributed by atoms with Gasteiger partial charge in [0, 0.05) is 25.1 Å². The highest BCUT2D eigenvalue weighted by Crippen LogP contribution is 2.28. The number of benzene rings is 1. The number of piperidine rings is 1. The molecule has 26 heavy (non-hydrogen) atoms. The van der Waals surface area contributed by atoms with Gasteiger partial charge in [0.25, 0.3) is 5.91 Å². The van der Waals surface area contributed by atoms with Crippen LogP contribution in [-0.4, -0.2) is 49.3 Å². The molecule has 0 spiro atoms. The summed E-state index contributed by atoms with van der Waals surface area (Å²) in [6, 6.07) is 4.88. The van der Waals surface area contributed by atoms with Gasteiger partial charge in [-0.05, 0) is 50.3 Å². The molecule has 0 bridgehead atoms. The van der Waals surface area contributed by atoms with Gasteiger partial charge in [-0.25, -0.2) is 0 Å². The summed E-state index contributed by atoms with van der Waals surface area (Å²) in [5.41, 5.74) is 5.72. The number of nitrogens with two attached hydrogens (primary N) is 1. The minimum Gasteiger partial charge on any atom is -0.493 e. The van der Waals surface area contributed by atoms with Crippen LogP contribution in [0.1, 0.15) is 43.0 Å². The molecule has 1 aromatic carbocycles. The smallest absolute Gasteiger partial charge is 0.260 e.